The van der Waals surface area contributed by atoms with Gasteiger partial charge in [0.2, 0.25) is 0 Å². The van der Waals surface area contributed by atoms with Crippen LogP contribution < -0.4 is 20.3 Å². The van der Waals surface area contributed by atoms with Crippen molar-refractivity contribution in [1.29, 1.82) is 0 Å². The SMILES string of the molecule is CNC(=O)c1[nH]c(Cc2ccc(OC)cc2)nc1N1C(=O)N[C@@H]2CCC[C@@H]21. The zero-order valence-corrected chi connectivity index (χ0v) is 15.4. The minimum absolute atomic E-state index is 0.0537. The molecule has 8 nitrogen and oxygen atoms in total. The summed E-state index contributed by atoms with van der Waals surface area (Å²) in [5, 5.41) is 5.63. The summed E-state index contributed by atoms with van der Waals surface area (Å²) in [6.45, 7) is 0. The molecule has 2 fully saturated rings. The van der Waals surface area contributed by atoms with Crippen molar-refractivity contribution < 1.29 is 14.3 Å². The fraction of sp³-hybridized carbons (Fsp3) is 0.421. The highest BCUT2D eigenvalue weighted by molar-refractivity contribution is 6.03. The fourth-order valence-electron chi connectivity index (χ4n) is 3.94. The highest BCUT2D eigenvalue weighted by Gasteiger charge is 2.45. The van der Waals surface area contributed by atoms with Crippen molar-refractivity contribution in [3.8, 4) is 5.75 Å². The van der Waals surface area contributed by atoms with Crippen LogP contribution in [0.5, 0.6) is 5.75 Å². The molecule has 27 heavy (non-hydrogen) atoms. The first-order valence-corrected chi connectivity index (χ1v) is 9.14. The Kier molecular flexibility index (Phi) is 4.47. The lowest BCUT2D eigenvalue weighted by Gasteiger charge is -2.20. The highest BCUT2D eigenvalue weighted by atomic mass is 16.5. The molecule has 0 radical (unpaired) electrons. The molecule has 1 aliphatic heterocycles. The van der Waals surface area contributed by atoms with E-state index in [1.165, 1.54) is 0 Å². The van der Waals surface area contributed by atoms with E-state index in [0.29, 0.717) is 23.8 Å². The van der Waals surface area contributed by atoms with Crippen LogP contribution in [0.25, 0.3) is 0 Å². The van der Waals surface area contributed by atoms with Crippen LogP contribution in [0, 0.1) is 0 Å². The third-order valence-corrected chi connectivity index (χ3v) is 5.29. The molecule has 2 aromatic rings. The Balaban J connectivity index is 1.66. The number of carbonyl (C=O) groups is 2. The molecule has 1 aromatic heterocycles. The molecule has 0 spiro atoms. The Morgan fingerprint density at radius 2 is 2.11 bits per heavy atom. The van der Waals surface area contributed by atoms with Crippen LogP contribution in [0.15, 0.2) is 24.3 Å². The van der Waals surface area contributed by atoms with Gasteiger partial charge in [0, 0.05) is 13.5 Å². The molecule has 8 heteroatoms. The molecular weight excluding hydrogens is 346 g/mol. The summed E-state index contributed by atoms with van der Waals surface area (Å²) in [5.74, 6) is 1.55. The number of ether oxygens (including phenoxy) is 1. The van der Waals surface area contributed by atoms with Crippen LogP contribution in [0.4, 0.5) is 10.6 Å². The maximum Gasteiger partial charge on any atom is 0.323 e. The van der Waals surface area contributed by atoms with E-state index in [-0.39, 0.29) is 24.0 Å². The van der Waals surface area contributed by atoms with Gasteiger partial charge in [-0.1, -0.05) is 12.1 Å². The number of amides is 3. The van der Waals surface area contributed by atoms with Gasteiger partial charge in [-0.25, -0.2) is 9.78 Å². The Morgan fingerprint density at radius 3 is 2.81 bits per heavy atom. The van der Waals surface area contributed by atoms with Crippen LogP contribution in [0.1, 0.15) is 41.1 Å². The molecule has 1 aromatic carbocycles. The third-order valence-electron chi connectivity index (χ3n) is 5.29. The number of aromatic nitrogens is 2. The number of rotatable bonds is 5. The van der Waals surface area contributed by atoms with Crippen molar-refractivity contribution in [2.24, 2.45) is 0 Å². The van der Waals surface area contributed by atoms with Crippen LogP contribution in [0.3, 0.4) is 0 Å². The van der Waals surface area contributed by atoms with Gasteiger partial charge < -0.3 is 20.4 Å². The molecule has 1 aliphatic carbocycles. The van der Waals surface area contributed by atoms with Crippen LogP contribution in [0.2, 0.25) is 0 Å². The molecule has 1 saturated heterocycles. The molecule has 3 N–H and O–H groups in total. The molecule has 1 saturated carbocycles. The number of hydrogen-bond acceptors (Lipinski definition) is 4. The van der Waals surface area contributed by atoms with Crippen molar-refractivity contribution in [2.45, 2.75) is 37.8 Å². The van der Waals surface area contributed by atoms with E-state index < -0.39 is 0 Å². The van der Waals surface area contributed by atoms with E-state index in [9.17, 15) is 9.59 Å². The number of aromatic amines is 1. The summed E-state index contributed by atoms with van der Waals surface area (Å²) in [7, 11) is 3.19. The van der Waals surface area contributed by atoms with E-state index in [4.69, 9.17) is 4.74 Å². The third kappa shape index (κ3) is 3.11. The van der Waals surface area contributed by atoms with E-state index in [1.54, 1.807) is 19.1 Å². The zero-order chi connectivity index (χ0) is 19.0. The van der Waals surface area contributed by atoms with Crippen LogP contribution >= 0.6 is 0 Å². The summed E-state index contributed by atoms with van der Waals surface area (Å²) in [5.41, 5.74) is 1.35. The standard InChI is InChI=1S/C19H23N5O3/c1-20-18(25)16-17(24-14-5-3-4-13(14)21-19(24)26)23-15(22-16)10-11-6-8-12(27-2)9-7-11/h6-9,13-14H,3-5,10H2,1-2H3,(H,20,25)(H,21,26)(H,22,23)/t13-,14+/m1/s1. The molecule has 2 heterocycles. The Labute approximate surface area is 157 Å². The lowest BCUT2D eigenvalue weighted by atomic mass is 10.1. The van der Waals surface area contributed by atoms with Gasteiger partial charge in [0.05, 0.1) is 19.2 Å². The number of fused-ring (bicyclic) bond motifs is 1. The van der Waals surface area contributed by atoms with Gasteiger partial charge >= 0.3 is 6.03 Å². The summed E-state index contributed by atoms with van der Waals surface area (Å²) in [6.07, 6.45) is 3.46. The van der Waals surface area contributed by atoms with Crippen LogP contribution in [-0.4, -0.2) is 48.1 Å². The van der Waals surface area contributed by atoms with Crippen molar-refractivity contribution in [3.63, 3.8) is 0 Å². The van der Waals surface area contributed by atoms with Crippen molar-refractivity contribution in [3.05, 3.63) is 41.3 Å². The van der Waals surface area contributed by atoms with Crippen LogP contribution in [-0.2, 0) is 6.42 Å². The predicted octanol–water partition coefficient (Wildman–Crippen LogP) is 1.82. The Hall–Kier alpha value is -3.03. The Morgan fingerprint density at radius 1 is 1.33 bits per heavy atom. The number of imidazole rings is 1. The number of H-pyrrole nitrogens is 1. The van der Waals surface area contributed by atoms with Gasteiger partial charge in [-0.2, -0.15) is 0 Å². The number of benzene rings is 1. The average Bonchev–Trinajstić information content (AvgIpc) is 3.36. The Bertz CT molecular complexity index is 861. The summed E-state index contributed by atoms with van der Waals surface area (Å²) < 4.78 is 5.18. The monoisotopic (exact) mass is 369 g/mol. The van der Waals surface area contributed by atoms with Crippen molar-refractivity contribution >= 4 is 17.8 Å². The van der Waals surface area contributed by atoms with Crippen molar-refractivity contribution in [2.75, 3.05) is 19.1 Å². The molecular formula is C19H23N5O3. The number of anilines is 1. The zero-order valence-electron chi connectivity index (χ0n) is 15.4. The highest BCUT2D eigenvalue weighted by Crippen LogP contribution is 2.34. The lowest BCUT2D eigenvalue weighted by Crippen LogP contribution is -2.36. The first-order valence-electron chi connectivity index (χ1n) is 9.14. The summed E-state index contributed by atoms with van der Waals surface area (Å²) >= 11 is 0. The number of nitrogens with zero attached hydrogens (tertiary/aromatic N) is 2. The largest absolute Gasteiger partial charge is 0.497 e. The van der Waals surface area contributed by atoms with E-state index in [2.05, 4.69) is 20.6 Å². The normalized spacial score (nSPS) is 21.1. The fourth-order valence-corrected chi connectivity index (χ4v) is 3.94. The number of urea groups is 1. The predicted molar refractivity (Wildman–Crippen MR) is 100 cm³/mol. The number of methoxy groups -OCH3 is 1. The smallest absolute Gasteiger partial charge is 0.323 e. The second kappa shape index (κ2) is 6.94. The van der Waals surface area contributed by atoms with Gasteiger partial charge in [-0.05, 0) is 37.0 Å². The lowest BCUT2D eigenvalue weighted by molar-refractivity contribution is 0.0959. The minimum atomic E-state index is -0.285. The molecule has 2 atom stereocenters. The van der Waals surface area contributed by atoms with Gasteiger partial charge in [-0.15, -0.1) is 0 Å². The molecule has 2 aliphatic rings. The number of nitrogens with one attached hydrogen (secondary N) is 3. The van der Waals surface area contributed by atoms with Gasteiger partial charge in [-0.3, -0.25) is 9.69 Å². The number of hydrogen-bond donors (Lipinski definition) is 3. The van der Waals surface area contributed by atoms with E-state index >= 15 is 0 Å². The van der Waals surface area contributed by atoms with E-state index in [0.717, 1.165) is 30.6 Å². The maximum absolute atomic E-state index is 12.5. The molecule has 4 rings (SSSR count). The quantitative estimate of drug-likeness (QED) is 0.748. The number of carbonyl (C=O) groups excluding carboxylic acids is 2. The van der Waals surface area contributed by atoms with Gasteiger partial charge in [0.1, 0.15) is 17.3 Å². The van der Waals surface area contributed by atoms with Gasteiger partial charge in [0.25, 0.3) is 5.91 Å². The molecule has 3 amide bonds. The minimum Gasteiger partial charge on any atom is -0.497 e. The molecule has 142 valence electrons. The molecule has 0 unspecified atom stereocenters. The van der Waals surface area contributed by atoms with E-state index in [1.807, 2.05) is 24.3 Å². The summed E-state index contributed by atoms with van der Waals surface area (Å²) in [4.78, 5) is 34.3. The first kappa shape index (κ1) is 17.4. The second-order valence-corrected chi connectivity index (χ2v) is 6.91. The summed E-state index contributed by atoms with van der Waals surface area (Å²) in [6, 6.07) is 7.69. The average molecular weight is 369 g/mol. The topological polar surface area (TPSA) is 99.3 Å². The first-order chi connectivity index (χ1) is 13.1. The maximum atomic E-state index is 12.5. The van der Waals surface area contributed by atoms with Crippen molar-refractivity contribution in [1.82, 2.24) is 20.6 Å². The molecule has 0 bridgehead atoms. The second-order valence-electron chi connectivity index (χ2n) is 6.91. The van der Waals surface area contributed by atoms with Gasteiger partial charge in [0.15, 0.2) is 5.82 Å².